The summed E-state index contributed by atoms with van der Waals surface area (Å²) in [7, 11) is 0. The highest BCUT2D eigenvalue weighted by molar-refractivity contribution is 5.97. The van der Waals surface area contributed by atoms with Crippen LogP contribution in [0, 0.1) is 0 Å². The van der Waals surface area contributed by atoms with E-state index in [-0.39, 0.29) is 18.2 Å². The van der Waals surface area contributed by atoms with E-state index in [9.17, 15) is 9.59 Å². The molecule has 1 fully saturated rings. The topological polar surface area (TPSA) is 50.5 Å². The Balaban J connectivity index is 2.08. The van der Waals surface area contributed by atoms with Crippen LogP contribution in [-0.2, 0) is 4.79 Å². The van der Waals surface area contributed by atoms with Gasteiger partial charge in [-0.05, 0) is 12.5 Å². The summed E-state index contributed by atoms with van der Waals surface area (Å²) in [5.41, 5.74) is 0.514. The van der Waals surface area contributed by atoms with E-state index in [1.165, 1.54) is 12.5 Å². The second-order valence-corrected chi connectivity index (χ2v) is 3.38. The Hall–Kier alpha value is -1.58. The monoisotopic (exact) mass is 193 g/mol. The number of carbonyl (C=O) groups excluding carboxylic acids is 2. The third-order valence-electron chi connectivity index (χ3n) is 2.31. The molecule has 1 amide bonds. The Kier molecular flexibility index (Phi) is 2.35. The normalized spacial score (nSPS) is 17.1. The lowest BCUT2D eigenvalue weighted by atomic mass is 10.1. The van der Waals surface area contributed by atoms with Crippen LogP contribution in [0.2, 0.25) is 0 Å². The molecular weight excluding hydrogens is 182 g/mol. The number of carbonyl (C=O) groups is 2. The number of furan rings is 1. The lowest BCUT2D eigenvalue weighted by Gasteiger charge is -2.25. The summed E-state index contributed by atoms with van der Waals surface area (Å²) in [5.74, 6) is 0.0138. The van der Waals surface area contributed by atoms with E-state index in [2.05, 4.69) is 0 Å². The van der Waals surface area contributed by atoms with E-state index in [0.29, 0.717) is 18.5 Å². The zero-order valence-electron chi connectivity index (χ0n) is 7.73. The van der Waals surface area contributed by atoms with E-state index in [0.717, 1.165) is 6.42 Å². The van der Waals surface area contributed by atoms with Crippen molar-refractivity contribution in [3.63, 3.8) is 0 Å². The van der Waals surface area contributed by atoms with Crippen LogP contribution in [0.15, 0.2) is 23.0 Å². The van der Waals surface area contributed by atoms with Gasteiger partial charge in [-0.3, -0.25) is 9.59 Å². The van der Waals surface area contributed by atoms with Crippen molar-refractivity contribution < 1.29 is 14.0 Å². The minimum atomic E-state index is -0.119. The van der Waals surface area contributed by atoms with Gasteiger partial charge in [0.15, 0.2) is 5.78 Å². The van der Waals surface area contributed by atoms with E-state index < -0.39 is 0 Å². The van der Waals surface area contributed by atoms with E-state index >= 15 is 0 Å². The van der Waals surface area contributed by atoms with E-state index in [1.807, 2.05) is 0 Å². The number of likely N-dealkylation sites (tertiary alicyclic amines) is 1. The average Bonchev–Trinajstić information content (AvgIpc) is 2.69. The summed E-state index contributed by atoms with van der Waals surface area (Å²) in [6.07, 6.45) is 4.22. The summed E-state index contributed by atoms with van der Waals surface area (Å²) in [6, 6.07) is 1.61. The molecule has 0 unspecified atom stereocenters. The van der Waals surface area contributed by atoms with Crippen molar-refractivity contribution in [2.75, 3.05) is 13.1 Å². The molecule has 0 radical (unpaired) electrons. The number of rotatable bonds is 1. The third-order valence-corrected chi connectivity index (χ3v) is 2.31. The van der Waals surface area contributed by atoms with Gasteiger partial charge in [0.05, 0.1) is 18.4 Å². The summed E-state index contributed by atoms with van der Waals surface area (Å²) in [6.45, 7) is 0.903. The zero-order valence-corrected chi connectivity index (χ0v) is 7.73. The molecule has 0 saturated carbocycles. The Morgan fingerprint density at radius 2 is 2.36 bits per heavy atom. The van der Waals surface area contributed by atoms with Crippen molar-refractivity contribution in [2.24, 2.45) is 0 Å². The molecule has 2 rings (SSSR count). The van der Waals surface area contributed by atoms with Crippen molar-refractivity contribution in [1.29, 1.82) is 0 Å². The van der Waals surface area contributed by atoms with Gasteiger partial charge >= 0.3 is 0 Å². The van der Waals surface area contributed by atoms with Gasteiger partial charge in [-0.15, -0.1) is 0 Å². The molecule has 0 aliphatic carbocycles. The summed E-state index contributed by atoms with van der Waals surface area (Å²) in [4.78, 5) is 24.4. The van der Waals surface area contributed by atoms with Crippen LogP contribution in [0.5, 0.6) is 0 Å². The predicted octanol–water partition coefficient (Wildman–Crippen LogP) is 1.08. The first-order valence-electron chi connectivity index (χ1n) is 4.60. The molecule has 0 N–H and O–H groups in total. The van der Waals surface area contributed by atoms with Gasteiger partial charge in [-0.1, -0.05) is 0 Å². The van der Waals surface area contributed by atoms with Gasteiger partial charge in [0, 0.05) is 13.0 Å². The van der Waals surface area contributed by atoms with Crippen molar-refractivity contribution in [3.05, 3.63) is 24.2 Å². The van der Waals surface area contributed by atoms with Crippen LogP contribution >= 0.6 is 0 Å². The number of hydrogen-bond donors (Lipinski definition) is 0. The quantitative estimate of drug-likeness (QED) is 0.670. The SMILES string of the molecule is O=C1CCCN(C(=O)c2ccoc2)C1. The molecule has 2 heterocycles. The Bertz CT molecular complexity index is 342. The summed E-state index contributed by atoms with van der Waals surface area (Å²) >= 11 is 0. The number of piperidine rings is 1. The molecular formula is C10H11NO3. The molecule has 4 nitrogen and oxygen atoms in total. The van der Waals surface area contributed by atoms with Gasteiger partial charge in [-0.25, -0.2) is 0 Å². The standard InChI is InChI=1S/C10H11NO3/c12-9-2-1-4-11(6-9)10(13)8-3-5-14-7-8/h3,5,7H,1-2,4,6H2. The maximum Gasteiger partial charge on any atom is 0.257 e. The van der Waals surface area contributed by atoms with Crippen molar-refractivity contribution in [3.8, 4) is 0 Å². The number of amides is 1. The Labute approximate surface area is 81.5 Å². The van der Waals surface area contributed by atoms with Crippen LogP contribution < -0.4 is 0 Å². The zero-order chi connectivity index (χ0) is 9.97. The largest absolute Gasteiger partial charge is 0.472 e. The first-order chi connectivity index (χ1) is 6.77. The van der Waals surface area contributed by atoms with E-state index in [4.69, 9.17) is 4.42 Å². The summed E-state index contributed by atoms with van der Waals surface area (Å²) in [5, 5.41) is 0. The highest BCUT2D eigenvalue weighted by Gasteiger charge is 2.22. The lowest BCUT2D eigenvalue weighted by Crippen LogP contribution is -2.39. The second-order valence-electron chi connectivity index (χ2n) is 3.38. The van der Waals surface area contributed by atoms with Crippen molar-refractivity contribution in [1.82, 2.24) is 4.90 Å². The number of nitrogens with zero attached hydrogens (tertiary/aromatic N) is 1. The molecule has 1 aromatic heterocycles. The maximum absolute atomic E-state index is 11.7. The van der Waals surface area contributed by atoms with Crippen LogP contribution in [0.25, 0.3) is 0 Å². The molecule has 0 aromatic carbocycles. The molecule has 1 aromatic rings. The molecule has 1 saturated heterocycles. The average molecular weight is 193 g/mol. The Morgan fingerprint density at radius 1 is 1.50 bits per heavy atom. The molecule has 4 heteroatoms. The highest BCUT2D eigenvalue weighted by atomic mass is 16.3. The fourth-order valence-electron chi connectivity index (χ4n) is 1.58. The van der Waals surface area contributed by atoms with Crippen LogP contribution in [-0.4, -0.2) is 29.7 Å². The minimum Gasteiger partial charge on any atom is -0.472 e. The van der Waals surface area contributed by atoms with Crippen LogP contribution in [0.4, 0.5) is 0 Å². The second kappa shape index (κ2) is 3.65. The summed E-state index contributed by atoms with van der Waals surface area (Å²) < 4.78 is 4.82. The molecule has 0 atom stereocenters. The fourth-order valence-corrected chi connectivity index (χ4v) is 1.58. The van der Waals surface area contributed by atoms with E-state index in [1.54, 1.807) is 11.0 Å². The molecule has 74 valence electrons. The van der Waals surface area contributed by atoms with Crippen LogP contribution in [0.3, 0.4) is 0 Å². The van der Waals surface area contributed by atoms with Gasteiger partial charge in [0.2, 0.25) is 0 Å². The van der Waals surface area contributed by atoms with Gasteiger partial charge in [0.1, 0.15) is 6.26 Å². The maximum atomic E-state index is 11.7. The molecule has 0 bridgehead atoms. The van der Waals surface area contributed by atoms with Crippen molar-refractivity contribution >= 4 is 11.7 Å². The van der Waals surface area contributed by atoms with Gasteiger partial charge in [-0.2, -0.15) is 0 Å². The molecule has 1 aliphatic heterocycles. The predicted molar refractivity (Wildman–Crippen MR) is 48.9 cm³/mol. The van der Waals surface area contributed by atoms with Gasteiger partial charge < -0.3 is 9.32 Å². The fraction of sp³-hybridized carbons (Fsp3) is 0.400. The first-order valence-corrected chi connectivity index (χ1v) is 4.60. The highest BCUT2D eigenvalue weighted by Crippen LogP contribution is 2.11. The Morgan fingerprint density at radius 3 is 3.00 bits per heavy atom. The van der Waals surface area contributed by atoms with Crippen molar-refractivity contribution in [2.45, 2.75) is 12.8 Å². The smallest absolute Gasteiger partial charge is 0.257 e. The lowest BCUT2D eigenvalue weighted by molar-refractivity contribution is -0.121. The van der Waals surface area contributed by atoms with Crippen LogP contribution in [0.1, 0.15) is 23.2 Å². The number of ketones is 1. The molecule has 14 heavy (non-hydrogen) atoms. The molecule has 1 aliphatic rings. The minimum absolute atomic E-state index is 0.119. The van der Waals surface area contributed by atoms with Gasteiger partial charge in [0.25, 0.3) is 5.91 Å². The number of Topliss-reactive ketones (excluding diaryl/α,β-unsaturated/α-hetero) is 1. The molecule has 0 spiro atoms. The third kappa shape index (κ3) is 1.69. The number of hydrogen-bond acceptors (Lipinski definition) is 3. The first kappa shape index (κ1) is 8.99.